The standard InChI is InChI=1S/C21H21Cl2N3O/c1-27-16-6-4-5-14(11-16)12-19-17-7-2-3-10-24-21(17)26(25-19)20-9-8-15(22)13-18(20)23/h4-6,8-9,11,13,24H,2-3,7,10,12H2,1H3. The Balaban J connectivity index is 1.79. The summed E-state index contributed by atoms with van der Waals surface area (Å²) in [6, 6.07) is 13.6. The van der Waals surface area contributed by atoms with Crippen molar-refractivity contribution < 1.29 is 4.74 Å². The van der Waals surface area contributed by atoms with Gasteiger partial charge in [-0.15, -0.1) is 0 Å². The van der Waals surface area contributed by atoms with E-state index in [0.717, 1.165) is 55.2 Å². The minimum absolute atomic E-state index is 0.590. The Kier molecular flexibility index (Phi) is 5.28. The first-order valence-electron chi connectivity index (χ1n) is 9.08. The highest BCUT2D eigenvalue weighted by molar-refractivity contribution is 6.35. The number of benzene rings is 2. The van der Waals surface area contributed by atoms with Gasteiger partial charge in [0.25, 0.3) is 0 Å². The second-order valence-corrected chi connectivity index (χ2v) is 7.54. The van der Waals surface area contributed by atoms with Crippen LogP contribution in [0.25, 0.3) is 5.69 Å². The predicted octanol–water partition coefficient (Wildman–Crippen LogP) is 5.53. The Morgan fingerprint density at radius 1 is 1.15 bits per heavy atom. The van der Waals surface area contributed by atoms with E-state index in [1.807, 2.05) is 28.9 Å². The Hall–Kier alpha value is -2.17. The summed E-state index contributed by atoms with van der Waals surface area (Å²) in [5.74, 6) is 1.89. The molecule has 0 amide bonds. The first-order valence-corrected chi connectivity index (χ1v) is 9.84. The topological polar surface area (TPSA) is 39.1 Å². The summed E-state index contributed by atoms with van der Waals surface area (Å²) in [5.41, 5.74) is 4.34. The summed E-state index contributed by atoms with van der Waals surface area (Å²) in [6.07, 6.45) is 4.04. The van der Waals surface area contributed by atoms with Gasteiger partial charge in [-0.05, 0) is 55.2 Å². The Labute approximate surface area is 169 Å². The largest absolute Gasteiger partial charge is 0.497 e. The molecule has 0 saturated heterocycles. The van der Waals surface area contributed by atoms with Crippen LogP contribution in [0.15, 0.2) is 42.5 Å². The Bertz CT molecular complexity index is 968. The van der Waals surface area contributed by atoms with Crippen LogP contribution in [-0.2, 0) is 12.8 Å². The average molecular weight is 402 g/mol. The number of aromatic nitrogens is 2. The molecule has 0 spiro atoms. The fourth-order valence-corrected chi connectivity index (χ4v) is 4.01. The van der Waals surface area contributed by atoms with E-state index in [2.05, 4.69) is 17.4 Å². The maximum Gasteiger partial charge on any atom is 0.133 e. The molecule has 4 rings (SSSR count). The SMILES string of the molecule is COc1cccc(Cc2nn(-c3ccc(Cl)cc3Cl)c3c2CCCCN3)c1. The number of hydrogen-bond donors (Lipinski definition) is 1. The fraction of sp³-hybridized carbons (Fsp3) is 0.286. The maximum absolute atomic E-state index is 6.47. The van der Waals surface area contributed by atoms with Crippen molar-refractivity contribution in [2.75, 3.05) is 19.0 Å². The summed E-state index contributed by atoms with van der Waals surface area (Å²) >= 11 is 12.5. The third-order valence-electron chi connectivity index (χ3n) is 4.86. The molecule has 2 aromatic carbocycles. The van der Waals surface area contributed by atoms with Crippen LogP contribution in [0.4, 0.5) is 5.82 Å². The third-order valence-corrected chi connectivity index (χ3v) is 5.39. The van der Waals surface area contributed by atoms with E-state index in [1.165, 1.54) is 11.1 Å². The third kappa shape index (κ3) is 3.78. The van der Waals surface area contributed by atoms with Crippen LogP contribution in [0.2, 0.25) is 10.0 Å². The zero-order valence-corrected chi connectivity index (χ0v) is 16.6. The second kappa shape index (κ2) is 7.83. The number of methoxy groups -OCH3 is 1. The highest BCUT2D eigenvalue weighted by atomic mass is 35.5. The average Bonchev–Trinajstić information content (AvgIpc) is 2.83. The van der Waals surface area contributed by atoms with Gasteiger partial charge in [0.1, 0.15) is 11.6 Å². The summed E-state index contributed by atoms with van der Waals surface area (Å²) in [7, 11) is 1.69. The van der Waals surface area contributed by atoms with E-state index in [9.17, 15) is 0 Å². The first-order chi connectivity index (χ1) is 13.2. The molecule has 0 unspecified atom stereocenters. The van der Waals surface area contributed by atoms with E-state index < -0.39 is 0 Å². The van der Waals surface area contributed by atoms with Gasteiger partial charge in [-0.25, -0.2) is 4.68 Å². The molecule has 2 heterocycles. The highest BCUT2D eigenvalue weighted by Crippen LogP contribution is 2.33. The van der Waals surface area contributed by atoms with Gasteiger partial charge in [0.05, 0.1) is 23.5 Å². The maximum atomic E-state index is 6.47. The molecule has 0 saturated carbocycles. The molecule has 27 heavy (non-hydrogen) atoms. The van der Waals surface area contributed by atoms with Crippen LogP contribution in [0.5, 0.6) is 5.75 Å². The smallest absolute Gasteiger partial charge is 0.133 e. The van der Waals surface area contributed by atoms with Gasteiger partial charge in [-0.2, -0.15) is 5.10 Å². The zero-order chi connectivity index (χ0) is 18.8. The molecule has 0 aliphatic carbocycles. The van der Waals surface area contributed by atoms with E-state index in [-0.39, 0.29) is 0 Å². The number of hydrogen-bond acceptors (Lipinski definition) is 3. The van der Waals surface area contributed by atoms with Gasteiger partial charge in [-0.3, -0.25) is 0 Å². The van der Waals surface area contributed by atoms with Gasteiger partial charge in [0.2, 0.25) is 0 Å². The number of rotatable bonds is 4. The molecule has 1 aliphatic heterocycles. The van der Waals surface area contributed by atoms with Gasteiger partial charge in [0, 0.05) is 23.6 Å². The van der Waals surface area contributed by atoms with Crippen molar-refractivity contribution in [2.45, 2.75) is 25.7 Å². The van der Waals surface area contributed by atoms with Crippen molar-refractivity contribution >= 4 is 29.0 Å². The number of anilines is 1. The van der Waals surface area contributed by atoms with Crippen LogP contribution in [0.1, 0.15) is 29.7 Å². The Morgan fingerprint density at radius 3 is 2.85 bits per heavy atom. The van der Waals surface area contributed by atoms with Crippen LogP contribution in [-0.4, -0.2) is 23.4 Å². The van der Waals surface area contributed by atoms with Crippen LogP contribution >= 0.6 is 23.2 Å². The number of nitrogens with one attached hydrogen (secondary N) is 1. The lowest BCUT2D eigenvalue weighted by atomic mass is 10.0. The van der Waals surface area contributed by atoms with E-state index in [1.54, 1.807) is 13.2 Å². The molecular formula is C21H21Cl2N3O. The van der Waals surface area contributed by atoms with Crippen LogP contribution in [0, 0.1) is 0 Å². The minimum Gasteiger partial charge on any atom is -0.497 e. The number of nitrogens with zero attached hydrogens (tertiary/aromatic N) is 2. The number of ether oxygens (including phenoxy) is 1. The van der Waals surface area contributed by atoms with Gasteiger partial charge in [-0.1, -0.05) is 35.3 Å². The first kappa shape index (κ1) is 18.2. The molecule has 6 heteroatoms. The summed E-state index contributed by atoms with van der Waals surface area (Å²) in [6.45, 7) is 0.933. The van der Waals surface area contributed by atoms with Gasteiger partial charge in [0.15, 0.2) is 0 Å². The van der Waals surface area contributed by atoms with E-state index >= 15 is 0 Å². The quantitative estimate of drug-likeness (QED) is 0.624. The minimum atomic E-state index is 0.590. The van der Waals surface area contributed by atoms with E-state index in [0.29, 0.717) is 10.0 Å². The van der Waals surface area contributed by atoms with Crippen LogP contribution in [0.3, 0.4) is 0 Å². The number of fused-ring (bicyclic) bond motifs is 1. The van der Waals surface area contributed by atoms with Crippen molar-refractivity contribution in [3.8, 4) is 11.4 Å². The summed E-state index contributed by atoms with van der Waals surface area (Å²) in [5, 5.41) is 9.68. The molecule has 4 nitrogen and oxygen atoms in total. The molecular weight excluding hydrogens is 381 g/mol. The normalized spacial score (nSPS) is 13.6. The monoisotopic (exact) mass is 401 g/mol. The van der Waals surface area contributed by atoms with E-state index in [4.69, 9.17) is 33.0 Å². The predicted molar refractivity (Wildman–Crippen MR) is 111 cm³/mol. The summed E-state index contributed by atoms with van der Waals surface area (Å²) in [4.78, 5) is 0. The lowest BCUT2D eigenvalue weighted by Gasteiger charge is -2.11. The second-order valence-electron chi connectivity index (χ2n) is 6.69. The van der Waals surface area contributed by atoms with Crippen molar-refractivity contribution in [1.82, 2.24) is 9.78 Å². The van der Waals surface area contributed by atoms with Crippen LogP contribution < -0.4 is 10.1 Å². The highest BCUT2D eigenvalue weighted by Gasteiger charge is 2.22. The molecule has 1 aliphatic rings. The Morgan fingerprint density at radius 2 is 2.04 bits per heavy atom. The molecule has 3 aromatic rings. The molecule has 1 aromatic heterocycles. The molecule has 140 valence electrons. The lowest BCUT2D eigenvalue weighted by Crippen LogP contribution is -2.07. The zero-order valence-electron chi connectivity index (χ0n) is 15.1. The van der Waals surface area contributed by atoms with Crippen molar-refractivity contribution in [3.63, 3.8) is 0 Å². The molecule has 0 radical (unpaired) electrons. The summed E-state index contributed by atoms with van der Waals surface area (Å²) < 4.78 is 7.28. The van der Waals surface area contributed by atoms with Crippen molar-refractivity contribution in [2.24, 2.45) is 0 Å². The van der Waals surface area contributed by atoms with Gasteiger partial charge >= 0.3 is 0 Å². The van der Waals surface area contributed by atoms with Crippen molar-refractivity contribution in [3.05, 3.63) is 69.3 Å². The molecule has 0 bridgehead atoms. The molecule has 0 atom stereocenters. The number of halogens is 2. The van der Waals surface area contributed by atoms with Crippen molar-refractivity contribution in [1.29, 1.82) is 0 Å². The molecule has 0 fully saturated rings. The fourth-order valence-electron chi connectivity index (χ4n) is 3.52. The molecule has 1 N–H and O–H groups in total. The lowest BCUT2D eigenvalue weighted by molar-refractivity contribution is 0.414. The van der Waals surface area contributed by atoms with Gasteiger partial charge < -0.3 is 10.1 Å².